The lowest BCUT2D eigenvalue weighted by Gasteiger charge is -2.18. The molecule has 0 radical (unpaired) electrons. The average Bonchev–Trinajstić information content (AvgIpc) is 3.19. The van der Waals surface area contributed by atoms with Gasteiger partial charge in [0.15, 0.2) is 6.61 Å². The molecule has 0 bridgehead atoms. The molecule has 0 unspecified atom stereocenters. The summed E-state index contributed by atoms with van der Waals surface area (Å²) in [7, 11) is 0. The molecule has 2 aromatic heterocycles. The van der Waals surface area contributed by atoms with Gasteiger partial charge < -0.3 is 10.1 Å². The Kier molecular flexibility index (Phi) is 5.99. The van der Waals surface area contributed by atoms with Crippen LogP contribution in [0.4, 0.5) is 0 Å². The van der Waals surface area contributed by atoms with Crippen LogP contribution in [0.3, 0.4) is 0 Å². The van der Waals surface area contributed by atoms with Gasteiger partial charge in [-0.2, -0.15) is 0 Å². The highest BCUT2D eigenvalue weighted by atomic mass is 35.5. The topological polar surface area (TPSA) is 68.3 Å². The third-order valence-corrected chi connectivity index (χ3v) is 4.70. The molecule has 2 heterocycles. The van der Waals surface area contributed by atoms with Crippen LogP contribution in [-0.2, 0) is 9.53 Å². The van der Waals surface area contributed by atoms with Crippen molar-refractivity contribution in [3.8, 4) is 0 Å². The van der Waals surface area contributed by atoms with Crippen LogP contribution in [0.25, 0.3) is 0 Å². The Morgan fingerprint density at radius 1 is 1.15 bits per heavy atom. The highest BCUT2D eigenvalue weighted by Gasteiger charge is 2.19. The third-order valence-electron chi connectivity index (χ3n) is 3.53. The number of pyridine rings is 1. The number of rotatable bonds is 6. The van der Waals surface area contributed by atoms with Gasteiger partial charge >= 0.3 is 5.97 Å². The molecule has 0 aliphatic carbocycles. The van der Waals surface area contributed by atoms with Gasteiger partial charge in [-0.1, -0.05) is 48.0 Å². The maximum Gasteiger partial charge on any atom is 0.357 e. The summed E-state index contributed by atoms with van der Waals surface area (Å²) >= 11 is 7.36. The van der Waals surface area contributed by atoms with Gasteiger partial charge in [-0.3, -0.25) is 4.79 Å². The number of esters is 1. The SMILES string of the molecule is O=C(COC(=O)c1cc(Cl)ccn1)N[C@@H](c1ccccc1)c1cccs1. The molecular weight excluding hydrogens is 372 g/mol. The van der Waals surface area contributed by atoms with Crippen molar-refractivity contribution < 1.29 is 14.3 Å². The van der Waals surface area contributed by atoms with E-state index in [1.807, 2.05) is 47.8 Å². The fourth-order valence-electron chi connectivity index (χ4n) is 2.34. The monoisotopic (exact) mass is 386 g/mol. The molecule has 0 saturated heterocycles. The largest absolute Gasteiger partial charge is 0.451 e. The van der Waals surface area contributed by atoms with Crippen LogP contribution in [-0.4, -0.2) is 23.5 Å². The summed E-state index contributed by atoms with van der Waals surface area (Å²) in [6.07, 6.45) is 1.40. The predicted octanol–water partition coefficient (Wildman–Crippen LogP) is 3.86. The minimum Gasteiger partial charge on any atom is -0.451 e. The first-order valence-electron chi connectivity index (χ1n) is 7.80. The van der Waals surface area contributed by atoms with E-state index in [9.17, 15) is 9.59 Å². The zero-order valence-corrected chi connectivity index (χ0v) is 15.2. The van der Waals surface area contributed by atoms with E-state index < -0.39 is 18.5 Å². The minimum absolute atomic E-state index is 0.0585. The van der Waals surface area contributed by atoms with Crippen LogP contribution < -0.4 is 5.32 Å². The number of amides is 1. The van der Waals surface area contributed by atoms with Gasteiger partial charge in [-0.05, 0) is 29.1 Å². The number of aromatic nitrogens is 1. The van der Waals surface area contributed by atoms with Crippen molar-refractivity contribution in [3.05, 3.63) is 87.3 Å². The van der Waals surface area contributed by atoms with Crippen molar-refractivity contribution in [1.82, 2.24) is 10.3 Å². The summed E-state index contributed by atoms with van der Waals surface area (Å²) < 4.78 is 5.03. The number of hydrogen-bond acceptors (Lipinski definition) is 5. The van der Waals surface area contributed by atoms with Crippen molar-refractivity contribution in [2.45, 2.75) is 6.04 Å². The number of nitrogens with one attached hydrogen (secondary N) is 1. The lowest BCUT2D eigenvalue weighted by Crippen LogP contribution is -2.32. The number of nitrogens with zero attached hydrogens (tertiary/aromatic N) is 1. The van der Waals surface area contributed by atoms with Crippen molar-refractivity contribution in [1.29, 1.82) is 0 Å². The zero-order chi connectivity index (χ0) is 18.4. The number of ether oxygens (including phenoxy) is 1. The van der Waals surface area contributed by atoms with Crippen LogP contribution in [0, 0.1) is 0 Å². The molecular formula is C19H15ClN2O3S. The van der Waals surface area contributed by atoms with E-state index in [1.165, 1.54) is 12.3 Å². The van der Waals surface area contributed by atoms with Gasteiger partial charge in [-0.25, -0.2) is 9.78 Å². The summed E-state index contributed by atoms with van der Waals surface area (Å²) in [5.74, 6) is -1.10. The molecule has 0 spiro atoms. The Balaban J connectivity index is 1.64. The van der Waals surface area contributed by atoms with Crippen molar-refractivity contribution in [3.63, 3.8) is 0 Å². The summed E-state index contributed by atoms with van der Waals surface area (Å²) in [5, 5.41) is 5.22. The highest BCUT2D eigenvalue weighted by molar-refractivity contribution is 7.10. The number of carbonyl (C=O) groups is 2. The molecule has 7 heteroatoms. The normalized spacial score (nSPS) is 11.6. The fourth-order valence-corrected chi connectivity index (χ4v) is 3.31. The number of benzene rings is 1. The molecule has 0 aliphatic heterocycles. The molecule has 1 N–H and O–H groups in total. The Hall–Kier alpha value is -2.70. The average molecular weight is 387 g/mol. The molecule has 1 atom stereocenters. The lowest BCUT2D eigenvalue weighted by molar-refractivity contribution is -0.124. The Labute approximate surface area is 159 Å². The second kappa shape index (κ2) is 8.60. The molecule has 1 amide bonds. The lowest BCUT2D eigenvalue weighted by atomic mass is 10.1. The minimum atomic E-state index is -0.699. The summed E-state index contributed by atoms with van der Waals surface area (Å²) in [5.41, 5.74) is 1.01. The van der Waals surface area contributed by atoms with Gasteiger partial charge in [0.2, 0.25) is 0 Å². The molecule has 0 fully saturated rings. The number of thiophene rings is 1. The number of hydrogen-bond donors (Lipinski definition) is 1. The molecule has 132 valence electrons. The second-order valence-electron chi connectivity index (χ2n) is 5.36. The van der Waals surface area contributed by atoms with E-state index in [4.69, 9.17) is 16.3 Å². The maximum atomic E-state index is 12.3. The zero-order valence-electron chi connectivity index (χ0n) is 13.6. The van der Waals surface area contributed by atoms with Crippen LogP contribution in [0.1, 0.15) is 27.0 Å². The highest BCUT2D eigenvalue weighted by Crippen LogP contribution is 2.25. The summed E-state index contributed by atoms with van der Waals surface area (Å²) in [6, 6.07) is 16.1. The number of halogens is 1. The summed E-state index contributed by atoms with van der Waals surface area (Å²) in [6.45, 7) is -0.401. The Morgan fingerprint density at radius 3 is 2.65 bits per heavy atom. The molecule has 5 nitrogen and oxygen atoms in total. The van der Waals surface area contributed by atoms with E-state index in [-0.39, 0.29) is 11.7 Å². The first-order valence-corrected chi connectivity index (χ1v) is 9.05. The molecule has 3 aromatic rings. The van der Waals surface area contributed by atoms with Gasteiger partial charge in [0.25, 0.3) is 5.91 Å². The number of carbonyl (C=O) groups excluding carboxylic acids is 2. The van der Waals surface area contributed by atoms with Gasteiger partial charge in [0.05, 0.1) is 6.04 Å². The van der Waals surface area contributed by atoms with E-state index in [0.29, 0.717) is 5.02 Å². The van der Waals surface area contributed by atoms with E-state index >= 15 is 0 Å². The van der Waals surface area contributed by atoms with E-state index in [2.05, 4.69) is 10.3 Å². The predicted molar refractivity (Wildman–Crippen MR) is 100 cm³/mol. The molecule has 0 saturated carbocycles. The second-order valence-corrected chi connectivity index (χ2v) is 6.78. The molecule has 3 rings (SSSR count). The maximum absolute atomic E-state index is 12.3. The van der Waals surface area contributed by atoms with Crippen molar-refractivity contribution in [2.75, 3.05) is 6.61 Å². The molecule has 0 aliphatic rings. The Bertz CT molecular complexity index is 885. The van der Waals surface area contributed by atoms with Gasteiger partial charge in [-0.15, -0.1) is 11.3 Å². The Morgan fingerprint density at radius 2 is 1.96 bits per heavy atom. The van der Waals surface area contributed by atoms with E-state index in [0.717, 1.165) is 10.4 Å². The van der Waals surface area contributed by atoms with Gasteiger partial charge in [0.1, 0.15) is 5.69 Å². The standard InChI is InChI=1S/C19H15ClN2O3S/c20-14-8-9-21-15(11-14)19(24)25-12-17(23)22-18(16-7-4-10-26-16)13-5-2-1-3-6-13/h1-11,18H,12H2,(H,22,23)/t18-/m0/s1. The summed E-state index contributed by atoms with van der Waals surface area (Å²) in [4.78, 5) is 29.1. The van der Waals surface area contributed by atoms with Crippen molar-refractivity contribution in [2.24, 2.45) is 0 Å². The van der Waals surface area contributed by atoms with Crippen LogP contribution in [0.5, 0.6) is 0 Å². The first kappa shape index (κ1) is 18.1. The quantitative estimate of drug-likeness (QED) is 0.653. The van der Waals surface area contributed by atoms with Crippen LogP contribution in [0.2, 0.25) is 5.02 Å². The van der Waals surface area contributed by atoms with Crippen LogP contribution in [0.15, 0.2) is 66.2 Å². The molecule has 1 aromatic carbocycles. The van der Waals surface area contributed by atoms with Crippen LogP contribution >= 0.6 is 22.9 Å². The van der Waals surface area contributed by atoms with Gasteiger partial charge in [0, 0.05) is 16.1 Å². The molecule has 26 heavy (non-hydrogen) atoms. The van der Waals surface area contributed by atoms with Crippen molar-refractivity contribution >= 4 is 34.8 Å². The van der Waals surface area contributed by atoms with E-state index in [1.54, 1.807) is 17.4 Å². The third kappa shape index (κ3) is 4.68. The smallest absolute Gasteiger partial charge is 0.357 e. The first-order chi connectivity index (χ1) is 12.6. The fraction of sp³-hybridized carbons (Fsp3) is 0.105.